The van der Waals surface area contributed by atoms with Gasteiger partial charge in [-0.15, -0.1) is 0 Å². The summed E-state index contributed by atoms with van der Waals surface area (Å²) in [5.74, 6) is -2.15. The van der Waals surface area contributed by atoms with Crippen LogP contribution in [-0.2, 0) is 19.2 Å². The van der Waals surface area contributed by atoms with E-state index in [-0.39, 0.29) is 36.6 Å². The number of nitrogens with zero attached hydrogens (tertiary/aromatic N) is 1. The van der Waals surface area contributed by atoms with Crippen LogP contribution in [0, 0.1) is 11.8 Å². The molecule has 1 saturated heterocycles. The van der Waals surface area contributed by atoms with Crippen LogP contribution in [0.5, 0.6) is 0 Å². The molecule has 2 atom stereocenters. The fourth-order valence-corrected chi connectivity index (χ4v) is 4.54. The molecule has 3 aliphatic rings. The second-order valence-corrected chi connectivity index (χ2v) is 7.57. The van der Waals surface area contributed by atoms with Crippen LogP contribution in [0.2, 0.25) is 0 Å². The standard InChI is InChI=1S/C18H26N2O5/c21-14(19-18(17(24)25)9-4-1-5-10-18)8-11-20-15(22)12-6-2-3-7-13(12)16(20)23/h12-13H,1-11H2,(H,19,21)(H,24,25)/t12-,13+. The number of carboxylic acid groups (broad SMARTS) is 1. The molecule has 0 aromatic rings. The first-order valence-corrected chi connectivity index (χ1v) is 9.34. The fourth-order valence-electron chi connectivity index (χ4n) is 4.54. The number of nitrogens with one attached hydrogen (secondary N) is 1. The van der Waals surface area contributed by atoms with Gasteiger partial charge in [-0.3, -0.25) is 19.3 Å². The number of imide groups is 1. The van der Waals surface area contributed by atoms with E-state index in [0.29, 0.717) is 12.8 Å². The monoisotopic (exact) mass is 350 g/mol. The minimum atomic E-state index is -1.19. The van der Waals surface area contributed by atoms with Gasteiger partial charge in [0.05, 0.1) is 11.8 Å². The Kier molecular flexibility index (Phi) is 5.11. The zero-order valence-electron chi connectivity index (χ0n) is 14.5. The molecule has 138 valence electrons. The summed E-state index contributed by atoms with van der Waals surface area (Å²) in [5.41, 5.74) is -1.19. The molecule has 7 heteroatoms. The molecule has 0 unspecified atom stereocenters. The Labute approximate surface area is 147 Å². The van der Waals surface area contributed by atoms with E-state index in [9.17, 15) is 24.3 Å². The van der Waals surface area contributed by atoms with Crippen molar-refractivity contribution in [2.75, 3.05) is 6.54 Å². The third kappa shape index (κ3) is 3.41. The maximum absolute atomic E-state index is 12.4. The first-order chi connectivity index (χ1) is 11.9. The van der Waals surface area contributed by atoms with Gasteiger partial charge in [0.15, 0.2) is 0 Å². The summed E-state index contributed by atoms with van der Waals surface area (Å²) >= 11 is 0. The average Bonchev–Trinajstić information content (AvgIpc) is 2.85. The third-order valence-electron chi connectivity index (χ3n) is 5.99. The lowest BCUT2D eigenvalue weighted by atomic mass is 9.81. The van der Waals surface area contributed by atoms with Crippen LogP contribution >= 0.6 is 0 Å². The molecule has 1 heterocycles. The summed E-state index contributed by atoms with van der Waals surface area (Å²) in [5, 5.41) is 12.2. The van der Waals surface area contributed by atoms with Gasteiger partial charge < -0.3 is 10.4 Å². The molecule has 0 bridgehead atoms. The maximum Gasteiger partial charge on any atom is 0.329 e. The Hall–Kier alpha value is -1.92. The van der Waals surface area contributed by atoms with Gasteiger partial charge in [-0.25, -0.2) is 4.79 Å². The van der Waals surface area contributed by atoms with Gasteiger partial charge in [0, 0.05) is 13.0 Å². The minimum Gasteiger partial charge on any atom is -0.480 e. The second-order valence-electron chi connectivity index (χ2n) is 7.57. The van der Waals surface area contributed by atoms with Gasteiger partial charge in [0.1, 0.15) is 5.54 Å². The van der Waals surface area contributed by atoms with E-state index in [0.717, 1.165) is 44.9 Å². The number of carbonyl (C=O) groups is 4. The third-order valence-corrected chi connectivity index (χ3v) is 5.99. The zero-order valence-corrected chi connectivity index (χ0v) is 14.5. The molecule has 3 amide bonds. The molecule has 0 radical (unpaired) electrons. The smallest absolute Gasteiger partial charge is 0.329 e. The van der Waals surface area contributed by atoms with Crippen molar-refractivity contribution in [2.24, 2.45) is 11.8 Å². The minimum absolute atomic E-state index is 0.0358. The lowest BCUT2D eigenvalue weighted by Gasteiger charge is -2.34. The van der Waals surface area contributed by atoms with E-state index < -0.39 is 17.4 Å². The number of fused-ring (bicyclic) bond motifs is 1. The normalized spacial score (nSPS) is 28.6. The predicted octanol–water partition coefficient (Wildman–Crippen LogP) is 1.46. The highest BCUT2D eigenvalue weighted by molar-refractivity contribution is 6.05. The van der Waals surface area contributed by atoms with Crippen LogP contribution < -0.4 is 5.32 Å². The summed E-state index contributed by atoms with van der Waals surface area (Å²) in [6, 6.07) is 0. The molecule has 3 fully saturated rings. The van der Waals surface area contributed by atoms with Crippen LogP contribution in [-0.4, -0.2) is 45.8 Å². The van der Waals surface area contributed by atoms with Crippen LogP contribution in [0.4, 0.5) is 0 Å². The van der Waals surface area contributed by atoms with Crippen molar-refractivity contribution in [1.29, 1.82) is 0 Å². The van der Waals surface area contributed by atoms with E-state index in [4.69, 9.17) is 0 Å². The van der Waals surface area contributed by atoms with E-state index in [1.54, 1.807) is 0 Å². The Morgan fingerprint density at radius 3 is 2.08 bits per heavy atom. The molecular weight excluding hydrogens is 324 g/mol. The Morgan fingerprint density at radius 2 is 1.56 bits per heavy atom. The van der Waals surface area contributed by atoms with E-state index in [2.05, 4.69) is 5.32 Å². The number of aliphatic carboxylic acids is 1. The Bertz CT molecular complexity index is 558. The van der Waals surface area contributed by atoms with E-state index in [1.165, 1.54) is 4.90 Å². The maximum atomic E-state index is 12.4. The molecule has 1 aliphatic heterocycles. The molecule has 2 N–H and O–H groups in total. The van der Waals surface area contributed by atoms with Crippen LogP contribution in [0.1, 0.15) is 64.2 Å². The summed E-state index contributed by atoms with van der Waals surface area (Å²) in [4.78, 5) is 49.9. The SMILES string of the molecule is O=C(CCN1C(=O)[C@H]2CCCC[C@H]2C1=O)NC1(C(=O)O)CCCCC1. The molecule has 0 aromatic carbocycles. The number of likely N-dealkylation sites (tertiary alicyclic amines) is 1. The highest BCUT2D eigenvalue weighted by Crippen LogP contribution is 2.38. The zero-order chi connectivity index (χ0) is 18.0. The van der Waals surface area contributed by atoms with Gasteiger partial charge in [-0.1, -0.05) is 32.1 Å². The van der Waals surface area contributed by atoms with Gasteiger partial charge >= 0.3 is 5.97 Å². The molecule has 0 spiro atoms. The summed E-state index contributed by atoms with van der Waals surface area (Å²) in [6.07, 6.45) is 6.79. The number of hydrogen-bond acceptors (Lipinski definition) is 4. The van der Waals surface area contributed by atoms with Crippen molar-refractivity contribution < 1.29 is 24.3 Å². The van der Waals surface area contributed by atoms with E-state index in [1.807, 2.05) is 0 Å². The lowest BCUT2D eigenvalue weighted by molar-refractivity contribution is -0.149. The Morgan fingerprint density at radius 1 is 1.00 bits per heavy atom. The number of rotatable bonds is 5. The summed E-state index contributed by atoms with van der Waals surface area (Å²) in [6.45, 7) is 0.0478. The summed E-state index contributed by atoms with van der Waals surface area (Å²) in [7, 11) is 0. The molecule has 2 aliphatic carbocycles. The van der Waals surface area contributed by atoms with Crippen molar-refractivity contribution in [3.8, 4) is 0 Å². The second kappa shape index (κ2) is 7.14. The van der Waals surface area contributed by atoms with Crippen molar-refractivity contribution in [3.05, 3.63) is 0 Å². The van der Waals surface area contributed by atoms with Crippen molar-refractivity contribution >= 4 is 23.7 Å². The lowest BCUT2D eigenvalue weighted by Crippen LogP contribution is -2.56. The molecule has 7 nitrogen and oxygen atoms in total. The molecule has 3 rings (SSSR count). The number of amides is 3. The predicted molar refractivity (Wildman–Crippen MR) is 88.4 cm³/mol. The van der Waals surface area contributed by atoms with Gasteiger partial charge in [-0.2, -0.15) is 0 Å². The van der Waals surface area contributed by atoms with Gasteiger partial charge in [0.2, 0.25) is 17.7 Å². The average molecular weight is 350 g/mol. The van der Waals surface area contributed by atoms with Crippen LogP contribution in [0.3, 0.4) is 0 Å². The first kappa shape index (κ1) is 17.9. The molecule has 2 saturated carbocycles. The Balaban J connectivity index is 1.57. The van der Waals surface area contributed by atoms with Crippen LogP contribution in [0.15, 0.2) is 0 Å². The number of carbonyl (C=O) groups excluding carboxylic acids is 3. The summed E-state index contributed by atoms with van der Waals surface area (Å²) < 4.78 is 0. The van der Waals surface area contributed by atoms with Gasteiger partial charge in [0.25, 0.3) is 0 Å². The first-order valence-electron chi connectivity index (χ1n) is 9.34. The van der Waals surface area contributed by atoms with E-state index >= 15 is 0 Å². The van der Waals surface area contributed by atoms with Crippen LogP contribution in [0.25, 0.3) is 0 Å². The number of hydrogen-bond donors (Lipinski definition) is 2. The highest BCUT2D eigenvalue weighted by atomic mass is 16.4. The molecule has 25 heavy (non-hydrogen) atoms. The quantitative estimate of drug-likeness (QED) is 0.731. The number of carboxylic acids is 1. The van der Waals surface area contributed by atoms with Crippen molar-refractivity contribution in [2.45, 2.75) is 69.7 Å². The molecule has 0 aromatic heterocycles. The largest absolute Gasteiger partial charge is 0.480 e. The van der Waals surface area contributed by atoms with Crippen molar-refractivity contribution in [3.63, 3.8) is 0 Å². The highest BCUT2D eigenvalue weighted by Gasteiger charge is 2.48. The van der Waals surface area contributed by atoms with Crippen molar-refractivity contribution in [1.82, 2.24) is 10.2 Å². The topological polar surface area (TPSA) is 104 Å². The fraction of sp³-hybridized carbons (Fsp3) is 0.778. The molecular formula is C18H26N2O5. The van der Waals surface area contributed by atoms with Gasteiger partial charge in [-0.05, 0) is 25.7 Å².